The molecule has 0 atom stereocenters. The minimum absolute atomic E-state index is 0.0920. The number of carbonyl (C=O) groups excluding carboxylic acids is 2. The molecule has 1 aromatic carbocycles. The van der Waals surface area contributed by atoms with E-state index < -0.39 is 6.03 Å². The summed E-state index contributed by atoms with van der Waals surface area (Å²) in [5.74, 6) is 0.292. The Labute approximate surface area is 141 Å². The molecular formula is C17H23N5O2. The van der Waals surface area contributed by atoms with Gasteiger partial charge in [-0.1, -0.05) is 25.1 Å². The van der Waals surface area contributed by atoms with Gasteiger partial charge >= 0.3 is 6.03 Å². The van der Waals surface area contributed by atoms with Gasteiger partial charge < -0.3 is 5.32 Å². The van der Waals surface area contributed by atoms with Crippen LogP contribution in [0.15, 0.2) is 24.3 Å². The van der Waals surface area contributed by atoms with E-state index >= 15 is 0 Å². The second-order valence-electron chi connectivity index (χ2n) is 5.72. The maximum absolute atomic E-state index is 11.8. The number of amides is 3. The van der Waals surface area contributed by atoms with Gasteiger partial charge in [0.25, 0.3) is 0 Å². The highest BCUT2D eigenvalue weighted by atomic mass is 16.2. The topological polar surface area (TPSA) is 87.2 Å². The Morgan fingerprint density at radius 2 is 1.96 bits per heavy atom. The first kappa shape index (κ1) is 17.8. The summed E-state index contributed by atoms with van der Waals surface area (Å²) in [7, 11) is 1.79. The van der Waals surface area contributed by atoms with E-state index in [1.807, 2.05) is 38.1 Å². The molecular weight excluding hydrogens is 306 g/mol. The molecule has 0 unspecified atom stereocenters. The molecule has 0 saturated heterocycles. The van der Waals surface area contributed by atoms with Gasteiger partial charge in [-0.15, -0.1) is 0 Å². The van der Waals surface area contributed by atoms with Gasteiger partial charge in [-0.3, -0.25) is 15.0 Å². The minimum atomic E-state index is -0.465. The number of fused-ring (bicyclic) bond motifs is 1. The Morgan fingerprint density at radius 3 is 2.71 bits per heavy atom. The molecule has 1 aromatic heterocycles. The zero-order valence-electron chi connectivity index (χ0n) is 14.3. The molecule has 0 aliphatic heterocycles. The number of likely N-dealkylation sites (N-methyl/N-ethyl adjacent to an activating group) is 1. The van der Waals surface area contributed by atoms with Crippen LogP contribution in [0.5, 0.6) is 0 Å². The van der Waals surface area contributed by atoms with Crippen molar-refractivity contribution in [2.24, 2.45) is 0 Å². The number of aromatic nitrogens is 2. The number of benzene rings is 1. The fraction of sp³-hybridized carbons (Fsp3) is 0.412. The summed E-state index contributed by atoms with van der Waals surface area (Å²) in [6, 6.07) is 7.36. The maximum atomic E-state index is 11.8. The van der Waals surface area contributed by atoms with Crippen molar-refractivity contribution in [3.8, 4) is 0 Å². The van der Waals surface area contributed by atoms with Crippen molar-refractivity contribution >= 4 is 22.8 Å². The average Bonchev–Trinajstić information content (AvgIpc) is 2.52. The van der Waals surface area contributed by atoms with Crippen LogP contribution in [0.1, 0.15) is 24.9 Å². The highest BCUT2D eigenvalue weighted by molar-refractivity contribution is 5.95. The molecule has 1 heterocycles. The number of rotatable bonds is 6. The number of urea groups is 1. The van der Waals surface area contributed by atoms with E-state index in [2.05, 4.69) is 20.6 Å². The largest absolute Gasteiger partial charge is 0.338 e. The van der Waals surface area contributed by atoms with Crippen LogP contribution in [-0.2, 0) is 11.3 Å². The van der Waals surface area contributed by atoms with Gasteiger partial charge in [0.2, 0.25) is 5.91 Å². The molecule has 7 heteroatoms. The Hall–Kier alpha value is -2.54. The summed E-state index contributed by atoms with van der Waals surface area (Å²) in [5, 5.41) is 5.92. The molecule has 0 spiro atoms. The lowest BCUT2D eigenvalue weighted by Gasteiger charge is -2.16. The molecule has 128 valence electrons. The summed E-state index contributed by atoms with van der Waals surface area (Å²) in [5.41, 5.74) is 1.80. The monoisotopic (exact) mass is 329 g/mol. The van der Waals surface area contributed by atoms with Crippen molar-refractivity contribution in [3.05, 3.63) is 35.8 Å². The van der Waals surface area contributed by atoms with Gasteiger partial charge in [0.1, 0.15) is 5.82 Å². The predicted molar refractivity (Wildman–Crippen MR) is 92.4 cm³/mol. The van der Waals surface area contributed by atoms with Crippen LogP contribution < -0.4 is 10.6 Å². The van der Waals surface area contributed by atoms with Gasteiger partial charge in [-0.25, -0.2) is 14.8 Å². The lowest BCUT2D eigenvalue weighted by molar-refractivity contribution is -0.121. The van der Waals surface area contributed by atoms with Crippen LogP contribution >= 0.6 is 0 Å². The van der Waals surface area contributed by atoms with Crippen molar-refractivity contribution in [2.45, 2.75) is 26.8 Å². The molecule has 0 aliphatic carbocycles. The molecule has 0 bridgehead atoms. The van der Waals surface area contributed by atoms with Crippen LogP contribution in [0.3, 0.4) is 0 Å². The third-order valence-electron chi connectivity index (χ3n) is 3.45. The summed E-state index contributed by atoms with van der Waals surface area (Å²) in [6.07, 6.45) is 0.820. The summed E-state index contributed by atoms with van der Waals surface area (Å²) >= 11 is 0. The number of hydrogen-bond acceptors (Lipinski definition) is 5. The van der Waals surface area contributed by atoms with E-state index in [-0.39, 0.29) is 12.5 Å². The number of nitrogens with one attached hydrogen (secondary N) is 2. The maximum Gasteiger partial charge on any atom is 0.321 e. The number of aryl methyl sites for hydroxylation is 1. The number of imide groups is 1. The highest BCUT2D eigenvalue weighted by Gasteiger charge is 2.12. The smallest absolute Gasteiger partial charge is 0.321 e. The fourth-order valence-electron chi connectivity index (χ4n) is 2.36. The SMILES string of the molecule is CCCNC(=O)NC(=O)CN(C)Cc1nc(C)c2ccccc2n1. The molecule has 24 heavy (non-hydrogen) atoms. The number of para-hydroxylation sites is 1. The molecule has 0 fully saturated rings. The number of carbonyl (C=O) groups is 2. The number of nitrogens with zero attached hydrogens (tertiary/aromatic N) is 3. The Bertz CT molecular complexity index is 732. The summed E-state index contributed by atoms with van der Waals surface area (Å²) in [4.78, 5) is 34.1. The van der Waals surface area contributed by atoms with Gasteiger partial charge in [-0.2, -0.15) is 0 Å². The summed E-state index contributed by atoms with van der Waals surface area (Å²) in [6.45, 7) is 4.95. The Balaban J connectivity index is 1.93. The molecule has 2 rings (SSSR count). The van der Waals surface area contributed by atoms with Gasteiger partial charge in [0.15, 0.2) is 0 Å². The second-order valence-corrected chi connectivity index (χ2v) is 5.72. The van der Waals surface area contributed by atoms with E-state index in [4.69, 9.17) is 0 Å². The minimum Gasteiger partial charge on any atom is -0.338 e. The van der Waals surface area contributed by atoms with E-state index in [0.717, 1.165) is 23.0 Å². The van der Waals surface area contributed by atoms with Gasteiger partial charge in [0, 0.05) is 17.6 Å². The van der Waals surface area contributed by atoms with Crippen molar-refractivity contribution in [1.82, 2.24) is 25.5 Å². The summed E-state index contributed by atoms with van der Waals surface area (Å²) < 4.78 is 0. The molecule has 2 N–H and O–H groups in total. The lowest BCUT2D eigenvalue weighted by Crippen LogP contribution is -2.43. The normalized spacial score (nSPS) is 10.8. The Morgan fingerprint density at radius 1 is 1.21 bits per heavy atom. The first-order valence-corrected chi connectivity index (χ1v) is 7.98. The predicted octanol–water partition coefficient (Wildman–Crippen LogP) is 1.61. The van der Waals surface area contributed by atoms with E-state index in [9.17, 15) is 9.59 Å². The van der Waals surface area contributed by atoms with Crippen molar-refractivity contribution in [3.63, 3.8) is 0 Å². The molecule has 2 aromatic rings. The standard InChI is InChI=1S/C17H23N5O2/c1-4-9-18-17(24)21-16(23)11-22(3)10-15-19-12(2)13-7-5-6-8-14(13)20-15/h5-8H,4,9-11H2,1-3H3,(H2,18,21,23,24). The third kappa shape index (κ3) is 4.99. The quantitative estimate of drug-likeness (QED) is 0.841. The van der Waals surface area contributed by atoms with Crippen molar-refractivity contribution < 1.29 is 9.59 Å². The van der Waals surface area contributed by atoms with E-state index in [1.54, 1.807) is 11.9 Å². The lowest BCUT2D eigenvalue weighted by atomic mass is 10.2. The van der Waals surface area contributed by atoms with Gasteiger partial charge in [0.05, 0.1) is 18.6 Å². The van der Waals surface area contributed by atoms with E-state index in [1.165, 1.54) is 0 Å². The van der Waals surface area contributed by atoms with Crippen LogP contribution in [0.4, 0.5) is 4.79 Å². The van der Waals surface area contributed by atoms with E-state index in [0.29, 0.717) is 18.9 Å². The van der Waals surface area contributed by atoms with Crippen molar-refractivity contribution in [2.75, 3.05) is 20.1 Å². The second kappa shape index (κ2) is 8.35. The van der Waals surface area contributed by atoms with Crippen molar-refractivity contribution in [1.29, 1.82) is 0 Å². The first-order valence-electron chi connectivity index (χ1n) is 7.98. The Kier molecular flexibility index (Phi) is 6.20. The fourth-order valence-corrected chi connectivity index (χ4v) is 2.36. The van der Waals surface area contributed by atoms with Crippen LogP contribution in [0.2, 0.25) is 0 Å². The average molecular weight is 329 g/mol. The number of hydrogen-bond donors (Lipinski definition) is 2. The van der Waals surface area contributed by atoms with Crippen LogP contribution in [-0.4, -0.2) is 46.9 Å². The molecule has 3 amide bonds. The molecule has 0 saturated carbocycles. The highest BCUT2D eigenvalue weighted by Crippen LogP contribution is 2.14. The first-order chi connectivity index (χ1) is 11.5. The van der Waals surface area contributed by atoms with Gasteiger partial charge in [-0.05, 0) is 26.5 Å². The van der Waals surface area contributed by atoms with Crippen LogP contribution in [0.25, 0.3) is 10.9 Å². The van der Waals surface area contributed by atoms with Crippen LogP contribution in [0, 0.1) is 6.92 Å². The molecule has 7 nitrogen and oxygen atoms in total. The zero-order chi connectivity index (χ0) is 17.5. The molecule has 0 radical (unpaired) electrons. The zero-order valence-corrected chi connectivity index (χ0v) is 14.3. The molecule has 0 aliphatic rings. The third-order valence-corrected chi connectivity index (χ3v) is 3.45.